The normalized spacial score (nSPS) is 17.0. The van der Waals surface area contributed by atoms with Crippen molar-refractivity contribution in [2.45, 2.75) is 165 Å². The zero-order valence-electron chi connectivity index (χ0n) is 39.9. The van der Waals surface area contributed by atoms with Crippen molar-refractivity contribution >= 4 is 51.8 Å². The lowest BCUT2D eigenvalue weighted by Crippen LogP contribution is -2.41. The summed E-state index contributed by atoms with van der Waals surface area (Å²) in [7, 11) is 6.79. The van der Waals surface area contributed by atoms with Crippen LogP contribution in [0.15, 0.2) is 15.0 Å². The Labute approximate surface area is 376 Å². The van der Waals surface area contributed by atoms with Crippen molar-refractivity contribution in [1.29, 1.82) is 0 Å². The molecule has 2 N–H and O–H groups in total. The minimum Gasteiger partial charge on any atom is -0.399 e. The predicted octanol–water partition coefficient (Wildman–Crippen LogP) is 6.85. The lowest BCUT2D eigenvalue weighted by molar-refractivity contribution is 0.00578. The van der Waals surface area contributed by atoms with E-state index >= 15 is 0 Å². The minimum atomic E-state index is -0.523. The number of rotatable bonds is 7. The van der Waals surface area contributed by atoms with Gasteiger partial charge in [0.2, 0.25) is 0 Å². The van der Waals surface area contributed by atoms with Crippen LogP contribution in [-0.2, 0) is 77.5 Å². The van der Waals surface area contributed by atoms with Crippen molar-refractivity contribution in [3.8, 4) is 0 Å². The summed E-state index contributed by atoms with van der Waals surface area (Å²) in [6, 6.07) is 1.86. The maximum Gasteiger partial charge on any atom is 0.640 e. The largest absolute Gasteiger partial charge is 0.640 e. The Hall–Kier alpha value is -2.35. The van der Waals surface area contributed by atoms with Gasteiger partial charge in [-0.15, -0.1) is 0 Å². The van der Waals surface area contributed by atoms with Gasteiger partial charge in [0, 0.05) is 62.5 Å². The van der Waals surface area contributed by atoms with Gasteiger partial charge < -0.3 is 33.5 Å². The summed E-state index contributed by atoms with van der Waals surface area (Å²) in [5.41, 5.74) is 7.93. The Bertz CT molecular complexity index is 1880. The molecule has 0 bridgehead atoms. The van der Waals surface area contributed by atoms with Gasteiger partial charge in [0.1, 0.15) is 5.69 Å². The molecule has 0 saturated carbocycles. The fourth-order valence-corrected chi connectivity index (χ4v) is 6.71. The Morgan fingerprint density at radius 2 is 1.02 bits per heavy atom. The molecule has 0 spiro atoms. The van der Waals surface area contributed by atoms with Crippen LogP contribution in [0.3, 0.4) is 0 Å². The highest BCUT2D eigenvalue weighted by molar-refractivity contribution is 9.10. The van der Waals surface area contributed by atoms with Gasteiger partial charge in [0.15, 0.2) is 0 Å². The summed E-state index contributed by atoms with van der Waals surface area (Å²) >= 11 is 6.80. The molecule has 4 aromatic heterocycles. The first-order valence-corrected chi connectivity index (χ1v) is 22.1. The second kappa shape index (κ2) is 21.8. The third-order valence-electron chi connectivity index (χ3n) is 11.4. The van der Waals surface area contributed by atoms with Gasteiger partial charge in [-0.3, -0.25) is 18.7 Å². The van der Waals surface area contributed by atoms with Gasteiger partial charge >= 0.3 is 14.4 Å². The molecule has 15 nitrogen and oxygen atoms in total. The van der Waals surface area contributed by atoms with Gasteiger partial charge in [-0.25, -0.2) is 0 Å². The van der Waals surface area contributed by atoms with Crippen molar-refractivity contribution in [1.82, 2.24) is 39.1 Å². The number of aryl methyl sites for hydroxylation is 7. The fraction of sp³-hybridized carbons (Fsp3) is 0.707. The molecule has 6 rings (SSSR count). The SMILES string of the molecule is CC(C)OB1OC(C)(C)C(C)(C)O1.CCc1nn(C)c(C)c1B1OC(C)(C)C(C)(C)O1.CCc1nn(C)c(C)c1Br.Cc1c(Br)c(CO)nn1C.Cc1cc(CO)nn1C. The second-order valence-electron chi connectivity index (χ2n) is 17.3. The first kappa shape index (κ1) is 53.8. The molecular formula is C41H72B2Br2N8O7. The Kier molecular flexibility index (Phi) is 19.6. The van der Waals surface area contributed by atoms with Crippen molar-refractivity contribution in [3.63, 3.8) is 0 Å². The molecule has 2 fully saturated rings. The summed E-state index contributed by atoms with van der Waals surface area (Å²) in [4.78, 5) is 0. The molecule has 60 heavy (non-hydrogen) atoms. The third kappa shape index (κ3) is 13.3. The van der Waals surface area contributed by atoms with Crippen molar-refractivity contribution in [2.24, 2.45) is 28.2 Å². The summed E-state index contributed by atoms with van der Waals surface area (Å²) < 4.78 is 38.2. The molecule has 0 aromatic carbocycles. The molecule has 4 aromatic rings. The van der Waals surface area contributed by atoms with E-state index in [1.807, 2.05) is 99.0 Å². The van der Waals surface area contributed by atoms with E-state index in [2.05, 4.69) is 108 Å². The molecule has 338 valence electrons. The van der Waals surface area contributed by atoms with Crippen LogP contribution in [0.4, 0.5) is 0 Å². The standard InChI is InChI=1S/C13H23BN2O2.C9H19BO3.C7H11BrN2.C6H9BrN2O.C6H10N2O/c1-8-10-11(9(2)16(7)15-10)14-17-12(3,4)13(5,6)18-14;1-7(2)11-10-12-8(3,4)9(5,6)13-10;1-4-6-7(8)5(2)10(3)9-6;1-4-6(7)5(3-10)8-9(4)2;1-5-3-6(4-9)7-8(5)2/h8H2,1-7H3;7H,1-6H3;4H2,1-3H3;10H,3H2,1-2H3;3,9H,4H2,1-2H3. The zero-order valence-corrected chi connectivity index (χ0v) is 43.1. The van der Waals surface area contributed by atoms with Crippen LogP contribution in [0.2, 0.25) is 0 Å². The third-order valence-corrected chi connectivity index (χ3v) is 13.4. The van der Waals surface area contributed by atoms with Gasteiger partial charge in [-0.05, 0) is 148 Å². The van der Waals surface area contributed by atoms with Crippen molar-refractivity contribution in [2.75, 3.05) is 0 Å². The van der Waals surface area contributed by atoms with E-state index in [1.165, 1.54) is 5.69 Å². The van der Waals surface area contributed by atoms with Crippen LogP contribution in [0.5, 0.6) is 0 Å². The average Bonchev–Trinajstić information content (AvgIpc) is 3.90. The Morgan fingerprint density at radius 3 is 1.30 bits per heavy atom. The van der Waals surface area contributed by atoms with Crippen LogP contribution in [0.25, 0.3) is 0 Å². The fourth-order valence-electron chi connectivity index (χ4n) is 5.63. The molecule has 0 radical (unpaired) electrons. The van der Waals surface area contributed by atoms with Gasteiger partial charge in [-0.1, -0.05) is 13.8 Å². The van der Waals surface area contributed by atoms with Crippen molar-refractivity contribution < 1.29 is 33.5 Å². The molecule has 2 aliphatic heterocycles. The summed E-state index contributed by atoms with van der Waals surface area (Å²) in [5, 5.41) is 34.2. The van der Waals surface area contributed by atoms with Crippen LogP contribution in [0.1, 0.15) is 129 Å². The molecule has 0 unspecified atom stereocenters. The van der Waals surface area contributed by atoms with E-state index in [9.17, 15) is 0 Å². The van der Waals surface area contributed by atoms with Crippen LogP contribution < -0.4 is 5.46 Å². The first-order chi connectivity index (χ1) is 27.5. The highest BCUT2D eigenvalue weighted by atomic mass is 79.9. The number of hydrogen-bond acceptors (Lipinski definition) is 11. The number of halogens is 2. The number of aliphatic hydroxyl groups excluding tert-OH is 2. The maximum absolute atomic E-state index is 8.75. The molecular weight excluding hydrogens is 898 g/mol. The Morgan fingerprint density at radius 1 is 0.617 bits per heavy atom. The highest BCUT2D eigenvalue weighted by Gasteiger charge is 2.54. The van der Waals surface area contributed by atoms with Crippen LogP contribution in [-0.4, -0.2) is 92.3 Å². The summed E-state index contributed by atoms with van der Waals surface area (Å²) in [6.45, 7) is 32.5. The minimum absolute atomic E-state index is 0.0116. The monoisotopic (exact) mass is 968 g/mol. The van der Waals surface area contributed by atoms with E-state index in [-0.39, 0.29) is 48.8 Å². The molecule has 0 atom stereocenters. The lowest BCUT2D eigenvalue weighted by atomic mass is 9.76. The zero-order chi connectivity index (χ0) is 46.3. The Balaban J connectivity index is 0.000000265. The predicted molar refractivity (Wildman–Crippen MR) is 246 cm³/mol. The molecule has 2 saturated heterocycles. The average molecular weight is 971 g/mol. The molecule has 6 heterocycles. The van der Waals surface area contributed by atoms with Crippen LogP contribution >= 0.6 is 31.9 Å². The van der Waals surface area contributed by atoms with E-state index in [0.29, 0.717) is 5.69 Å². The smallest absolute Gasteiger partial charge is 0.399 e. The van der Waals surface area contributed by atoms with Gasteiger partial charge in [0.25, 0.3) is 0 Å². The topological polar surface area (TPSA) is 158 Å². The molecule has 2 aliphatic rings. The number of aliphatic hydroxyl groups is 2. The molecule has 0 amide bonds. The van der Waals surface area contributed by atoms with E-state index in [4.69, 9.17) is 33.5 Å². The summed E-state index contributed by atoms with van der Waals surface area (Å²) in [6.07, 6.45) is 2.00. The molecule has 0 aliphatic carbocycles. The number of hydrogen-bond donors (Lipinski definition) is 2. The van der Waals surface area contributed by atoms with Gasteiger partial charge in [0.05, 0.1) is 61.6 Å². The number of aromatic nitrogens is 8. The van der Waals surface area contributed by atoms with Crippen molar-refractivity contribution in [3.05, 3.63) is 60.6 Å². The van der Waals surface area contributed by atoms with Gasteiger partial charge in [-0.2, -0.15) is 20.4 Å². The quantitative estimate of drug-likeness (QED) is 0.187. The van der Waals surface area contributed by atoms with E-state index in [0.717, 1.165) is 61.4 Å². The van der Waals surface area contributed by atoms with Crippen LogP contribution in [0, 0.1) is 27.7 Å². The highest BCUT2D eigenvalue weighted by Crippen LogP contribution is 2.38. The number of nitrogens with zero attached hydrogens (tertiary/aromatic N) is 8. The maximum atomic E-state index is 8.75. The lowest BCUT2D eigenvalue weighted by Gasteiger charge is -2.32. The second-order valence-corrected chi connectivity index (χ2v) is 18.8. The molecule has 19 heteroatoms. The van der Waals surface area contributed by atoms with E-state index in [1.54, 1.807) is 9.36 Å². The summed E-state index contributed by atoms with van der Waals surface area (Å²) in [5.74, 6) is 0. The first-order valence-electron chi connectivity index (χ1n) is 20.5. The van der Waals surface area contributed by atoms with E-state index < -0.39 is 7.32 Å².